The van der Waals surface area contributed by atoms with E-state index < -0.39 is 5.41 Å². The molecule has 16 aromatic rings. The van der Waals surface area contributed by atoms with Crippen LogP contribution in [-0.4, -0.2) is 19.5 Å². The second kappa shape index (κ2) is 21.6. The van der Waals surface area contributed by atoms with Crippen molar-refractivity contribution in [2.75, 3.05) is 0 Å². The summed E-state index contributed by atoms with van der Waals surface area (Å²) in [5.74, 6) is 1.64. The van der Waals surface area contributed by atoms with Gasteiger partial charge in [-0.15, -0.1) is 0 Å². The summed E-state index contributed by atoms with van der Waals surface area (Å²) in [5, 5.41) is 2.20. The molecule has 92 heavy (non-hydrogen) atoms. The minimum Gasteiger partial charge on any atom is -0.278 e. The predicted octanol–water partition coefficient (Wildman–Crippen LogP) is 22.3. The van der Waals surface area contributed by atoms with E-state index in [9.17, 15) is 0 Å². The molecule has 0 amide bonds. The Morgan fingerprint density at radius 2 is 0.500 bits per heavy atom. The highest BCUT2D eigenvalue weighted by Crippen LogP contribution is 2.63. The topological polar surface area (TPSA) is 43.6 Å². The summed E-state index contributed by atoms with van der Waals surface area (Å²) in [7, 11) is 0. The standard InChI is InChI=1S/C88H56N4/c1-7-25-57(26-8-1)64-45-65(58-27-9-2-10-28-58)49-70(48-64)63-43-44-83-77(54-63)78-55-76-75-39-21-24-42-81(75)88(79-40-22-19-37-73(79)74-38-20-23-41-80(74)88)82(76)56-84(78)92(83)87-90-85(71-50-66(59-29-11-3-12-30-59)46-67(51-71)60-31-13-4-14-32-60)89-86(91-87)72-52-68(61-33-15-5-16-34-61)47-69(53-72)62-35-17-6-18-36-62/h1-56H. The second-order valence-corrected chi connectivity index (χ2v) is 24.2. The quantitative estimate of drug-likeness (QED) is 0.137. The number of fused-ring (bicyclic) bond motifs is 13. The number of benzene rings is 14. The summed E-state index contributed by atoms with van der Waals surface area (Å²) in [6.45, 7) is 0. The van der Waals surface area contributed by atoms with Crippen LogP contribution in [-0.2, 0) is 5.41 Å². The van der Waals surface area contributed by atoms with E-state index in [4.69, 9.17) is 15.0 Å². The number of rotatable bonds is 10. The zero-order valence-electron chi connectivity index (χ0n) is 50.1. The Morgan fingerprint density at radius 3 is 0.870 bits per heavy atom. The zero-order valence-corrected chi connectivity index (χ0v) is 50.1. The van der Waals surface area contributed by atoms with Crippen molar-refractivity contribution in [2.24, 2.45) is 0 Å². The first kappa shape index (κ1) is 53.0. The van der Waals surface area contributed by atoms with E-state index in [-0.39, 0.29) is 0 Å². The highest BCUT2D eigenvalue weighted by Gasteiger charge is 2.52. The molecule has 4 nitrogen and oxygen atoms in total. The molecule has 0 unspecified atom stereocenters. The molecule has 0 saturated heterocycles. The van der Waals surface area contributed by atoms with Crippen molar-refractivity contribution >= 4 is 21.8 Å². The second-order valence-electron chi connectivity index (χ2n) is 24.2. The van der Waals surface area contributed by atoms with Crippen LogP contribution < -0.4 is 0 Å². The molecule has 2 aliphatic rings. The Hall–Kier alpha value is -12.1. The monoisotopic (exact) mass is 1170 g/mol. The molecule has 428 valence electrons. The first-order chi connectivity index (χ1) is 45.6. The van der Waals surface area contributed by atoms with Crippen LogP contribution in [0.5, 0.6) is 0 Å². The number of aromatic nitrogens is 4. The number of nitrogens with zero attached hydrogens (tertiary/aromatic N) is 4. The summed E-state index contributed by atoms with van der Waals surface area (Å²) in [4.78, 5) is 17.3. The molecule has 1 spiro atoms. The molecule has 2 aliphatic carbocycles. The first-order valence-electron chi connectivity index (χ1n) is 31.5. The van der Waals surface area contributed by atoms with E-state index in [1.165, 1.54) is 55.6 Å². The molecule has 0 saturated carbocycles. The van der Waals surface area contributed by atoms with Crippen molar-refractivity contribution in [3.63, 3.8) is 0 Å². The van der Waals surface area contributed by atoms with Gasteiger partial charge in [-0.25, -0.2) is 4.98 Å². The van der Waals surface area contributed by atoms with E-state index in [0.29, 0.717) is 17.6 Å². The van der Waals surface area contributed by atoms with Crippen LogP contribution in [0.1, 0.15) is 22.3 Å². The maximum absolute atomic E-state index is 5.81. The Bertz CT molecular complexity index is 5180. The van der Waals surface area contributed by atoms with Gasteiger partial charge in [0.05, 0.1) is 16.4 Å². The van der Waals surface area contributed by atoms with E-state index >= 15 is 0 Å². The van der Waals surface area contributed by atoms with Crippen molar-refractivity contribution in [3.05, 3.63) is 362 Å². The summed E-state index contributed by atoms with van der Waals surface area (Å²) >= 11 is 0. The fourth-order valence-corrected chi connectivity index (χ4v) is 14.8. The molecule has 18 rings (SSSR count). The molecule has 14 aromatic carbocycles. The van der Waals surface area contributed by atoms with Crippen LogP contribution in [0.25, 0.3) is 151 Å². The van der Waals surface area contributed by atoms with Crippen LogP contribution in [0, 0.1) is 0 Å². The molecule has 0 aliphatic heterocycles. The normalized spacial score (nSPS) is 12.4. The highest BCUT2D eigenvalue weighted by molar-refractivity contribution is 6.13. The number of hydrogen-bond acceptors (Lipinski definition) is 3. The van der Waals surface area contributed by atoms with Gasteiger partial charge in [-0.05, 0) is 201 Å². The Morgan fingerprint density at radius 1 is 0.196 bits per heavy atom. The molecule has 0 atom stereocenters. The summed E-state index contributed by atoms with van der Waals surface area (Å²) in [5.41, 5.74) is 28.8. The Balaban J connectivity index is 0.952. The molecule has 0 fully saturated rings. The van der Waals surface area contributed by atoms with Crippen LogP contribution in [0.15, 0.2) is 340 Å². The first-order valence-corrected chi connectivity index (χ1v) is 31.5. The molecule has 2 heterocycles. The third-order valence-electron chi connectivity index (χ3n) is 19.0. The number of hydrogen-bond donors (Lipinski definition) is 0. The molecule has 0 radical (unpaired) electrons. The van der Waals surface area contributed by atoms with E-state index in [1.54, 1.807) is 0 Å². The van der Waals surface area contributed by atoms with Gasteiger partial charge in [0.25, 0.3) is 0 Å². The van der Waals surface area contributed by atoms with Crippen LogP contribution in [0.2, 0.25) is 0 Å². The minimum absolute atomic E-state index is 0.518. The van der Waals surface area contributed by atoms with Crippen LogP contribution >= 0.6 is 0 Å². The van der Waals surface area contributed by atoms with E-state index in [0.717, 1.165) is 99.7 Å². The lowest BCUT2D eigenvalue weighted by molar-refractivity contribution is 0.794. The molecular weight excluding hydrogens is 1110 g/mol. The molecule has 0 N–H and O–H groups in total. The van der Waals surface area contributed by atoms with Gasteiger partial charge in [0.15, 0.2) is 11.6 Å². The van der Waals surface area contributed by atoms with Gasteiger partial charge in [0.2, 0.25) is 5.95 Å². The molecule has 2 aromatic heterocycles. The van der Waals surface area contributed by atoms with Gasteiger partial charge < -0.3 is 0 Å². The van der Waals surface area contributed by atoms with Crippen molar-refractivity contribution in [1.29, 1.82) is 0 Å². The Labute approximate surface area is 534 Å². The van der Waals surface area contributed by atoms with Gasteiger partial charge >= 0.3 is 0 Å². The lowest BCUT2D eigenvalue weighted by Gasteiger charge is -2.30. The maximum atomic E-state index is 5.81. The summed E-state index contributed by atoms with van der Waals surface area (Å²) in [6, 6.07) is 124. The summed E-state index contributed by atoms with van der Waals surface area (Å²) in [6.07, 6.45) is 0. The van der Waals surface area contributed by atoms with E-state index in [2.05, 4.69) is 344 Å². The van der Waals surface area contributed by atoms with Gasteiger partial charge in [0, 0.05) is 21.9 Å². The highest BCUT2D eigenvalue weighted by atomic mass is 15.2. The van der Waals surface area contributed by atoms with Crippen molar-refractivity contribution in [1.82, 2.24) is 19.5 Å². The molecule has 0 bridgehead atoms. The largest absolute Gasteiger partial charge is 0.278 e. The minimum atomic E-state index is -0.599. The van der Waals surface area contributed by atoms with E-state index in [1.807, 2.05) is 0 Å². The van der Waals surface area contributed by atoms with Crippen molar-refractivity contribution < 1.29 is 0 Å². The maximum Gasteiger partial charge on any atom is 0.238 e. The third kappa shape index (κ3) is 8.71. The third-order valence-corrected chi connectivity index (χ3v) is 19.0. The van der Waals surface area contributed by atoms with Gasteiger partial charge in [-0.2, -0.15) is 9.97 Å². The zero-order chi connectivity index (χ0) is 60.7. The van der Waals surface area contributed by atoms with Gasteiger partial charge in [-0.3, -0.25) is 4.57 Å². The molecular formula is C88H56N4. The Kier molecular flexibility index (Phi) is 12.4. The predicted molar refractivity (Wildman–Crippen MR) is 379 cm³/mol. The van der Waals surface area contributed by atoms with Gasteiger partial charge in [-0.1, -0.05) is 261 Å². The lowest BCUT2D eigenvalue weighted by Crippen LogP contribution is -2.25. The smallest absolute Gasteiger partial charge is 0.238 e. The average Bonchev–Trinajstić information content (AvgIpc) is 1.50. The SMILES string of the molecule is c1ccc(-c2cc(-c3ccccc3)cc(-c3ccc4c(c3)c3cc5c(cc3n4-c3nc(-c4cc(-c6ccccc6)cc(-c6ccccc6)c4)nc(-c4cc(-c6ccccc6)cc(-c6ccccc6)c4)n3)C3(c4ccccc4-c4ccccc43)c3ccccc3-5)c2)cc1. The van der Waals surface area contributed by atoms with Gasteiger partial charge in [0.1, 0.15) is 0 Å². The van der Waals surface area contributed by atoms with Crippen LogP contribution in [0.3, 0.4) is 0 Å². The lowest BCUT2D eigenvalue weighted by atomic mass is 9.70. The molecule has 4 heteroatoms. The fourth-order valence-electron chi connectivity index (χ4n) is 14.8. The van der Waals surface area contributed by atoms with Crippen molar-refractivity contribution in [2.45, 2.75) is 5.41 Å². The van der Waals surface area contributed by atoms with Crippen molar-refractivity contribution in [3.8, 4) is 129 Å². The average molecular weight is 1170 g/mol. The summed E-state index contributed by atoms with van der Waals surface area (Å²) < 4.78 is 2.33. The fraction of sp³-hybridized carbons (Fsp3) is 0.0114. The van der Waals surface area contributed by atoms with Crippen LogP contribution in [0.4, 0.5) is 0 Å².